The Kier molecular flexibility index (Phi) is 4.96. The fourth-order valence-electron chi connectivity index (χ4n) is 1.98. The standard InChI is InChI=1S/C16H11NO3.Na/c18-16(19)15-17-13(11-7-3-1-4-8-11)14(20-15)12-9-5-2-6-10-12;/h1-10H,(H,18,19);/q;+1/p-1. The van der Waals surface area contributed by atoms with Crippen LogP contribution in [-0.4, -0.2) is 11.0 Å². The zero-order chi connectivity index (χ0) is 13.9. The summed E-state index contributed by atoms with van der Waals surface area (Å²) in [5.41, 5.74) is 2.06. The molecule has 0 saturated carbocycles. The van der Waals surface area contributed by atoms with E-state index < -0.39 is 11.9 Å². The van der Waals surface area contributed by atoms with Crippen molar-refractivity contribution in [2.75, 3.05) is 0 Å². The van der Waals surface area contributed by atoms with E-state index in [2.05, 4.69) is 4.98 Å². The van der Waals surface area contributed by atoms with Crippen molar-refractivity contribution in [2.45, 2.75) is 0 Å². The van der Waals surface area contributed by atoms with E-state index in [9.17, 15) is 9.90 Å². The van der Waals surface area contributed by atoms with Gasteiger partial charge in [-0.2, -0.15) is 0 Å². The van der Waals surface area contributed by atoms with Gasteiger partial charge in [-0.05, 0) is 0 Å². The number of hydrogen-bond acceptors (Lipinski definition) is 4. The average molecular weight is 287 g/mol. The van der Waals surface area contributed by atoms with Crippen molar-refractivity contribution in [3.63, 3.8) is 0 Å². The smallest absolute Gasteiger partial charge is 0.540 e. The number of aromatic carboxylic acids is 1. The van der Waals surface area contributed by atoms with Gasteiger partial charge in [-0.15, -0.1) is 0 Å². The molecule has 1 heterocycles. The number of rotatable bonds is 3. The molecule has 0 unspecified atom stereocenters. The van der Waals surface area contributed by atoms with E-state index in [0.29, 0.717) is 11.5 Å². The summed E-state index contributed by atoms with van der Waals surface area (Å²) in [4.78, 5) is 15.0. The summed E-state index contributed by atoms with van der Waals surface area (Å²) in [6.07, 6.45) is 0. The minimum atomic E-state index is -1.43. The Balaban J connectivity index is 0.00000161. The molecule has 0 atom stereocenters. The molecule has 1 aromatic heterocycles. The van der Waals surface area contributed by atoms with Gasteiger partial charge in [-0.1, -0.05) is 60.7 Å². The minimum Gasteiger partial charge on any atom is -0.540 e. The van der Waals surface area contributed by atoms with Gasteiger partial charge in [0.15, 0.2) is 5.76 Å². The van der Waals surface area contributed by atoms with Gasteiger partial charge < -0.3 is 14.3 Å². The Hall–Kier alpha value is -1.88. The molecule has 0 N–H and O–H groups in total. The van der Waals surface area contributed by atoms with Crippen molar-refractivity contribution in [2.24, 2.45) is 0 Å². The van der Waals surface area contributed by atoms with E-state index in [-0.39, 0.29) is 29.6 Å². The molecule has 2 aromatic carbocycles. The molecular formula is C16H10NNaO3. The van der Waals surface area contributed by atoms with Crippen LogP contribution in [0.5, 0.6) is 0 Å². The largest absolute Gasteiger partial charge is 1.00 e. The third kappa shape index (κ3) is 3.24. The number of hydrogen-bond donors (Lipinski definition) is 0. The van der Waals surface area contributed by atoms with Gasteiger partial charge in [0.25, 0.3) is 0 Å². The van der Waals surface area contributed by atoms with Crippen LogP contribution in [0.4, 0.5) is 0 Å². The molecule has 0 amide bonds. The normalized spacial score (nSPS) is 9.90. The molecule has 5 heteroatoms. The van der Waals surface area contributed by atoms with Crippen LogP contribution in [-0.2, 0) is 0 Å². The zero-order valence-electron chi connectivity index (χ0n) is 11.4. The predicted molar refractivity (Wildman–Crippen MR) is 71.7 cm³/mol. The molecule has 0 saturated heterocycles. The van der Waals surface area contributed by atoms with Crippen molar-refractivity contribution in [3.05, 3.63) is 66.6 Å². The van der Waals surface area contributed by atoms with Crippen LogP contribution >= 0.6 is 0 Å². The maximum atomic E-state index is 11.0. The summed E-state index contributed by atoms with van der Waals surface area (Å²) in [6, 6.07) is 18.6. The molecule has 21 heavy (non-hydrogen) atoms. The molecule has 0 spiro atoms. The Morgan fingerprint density at radius 3 is 1.95 bits per heavy atom. The van der Waals surface area contributed by atoms with Crippen molar-refractivity contribution >= 4 is 5.97 Å². The van der Waals surface area contributed by atoms with Gasteiger partial charge in [0, 0.05) is 11.1 Å². The SMILES string of the molecule is O=C([O-])c1nc(-c2ccccc2)c(-c2ccccc2)o1.[Na+]. The third-order valence-electron chi connectivity index (χ3n) is 2.88. The molecule has 3 aromatic rings. The van der Waals surface area contributed by atoms with Gasteiger partial charge >= 0.3 is 29.6 Å². The number of carboxylic acid groups (broad SMARTS) is 1. The van der Waals surface area contributed by atoms with Gasteiger partial charge in [0.2, 0.25) is 5.89 Å². The summed E-state index contributed by atoms with van der Waals surface area (Å²) in [5.74, 6) is -1.41. The van der Waals surface area contributed by atoms with Crippen LogP contribution in [0.3, 0.4) is 0 Å². The molecule has 0 radical (unpaired) electrons. The quantitative estimate of drug-likeness (QED) is 0.602. The number of benzene rings is 2. The van der Waals surface area contributed by atoms with Crippen LogP contribution in [0.1, 0.15) is 10.7 Å². The molecule has 0 bridgehead atoms. The second-order valence-electron chi connectivity index (χ2n) is 4.22. The number of aromatic nitrogens is 1. The summed E-state index contributed by atoms with van der Waals surface area (Å²) in [7, 11) is 0. The number of nitrogens with zero attached hydrogens (tertiary/aromatic N) is 1. The van der Waals surface area contributed by atoms with E-state index in [1.165, 1.54) is 0 Å². The van der Waals surface area contributed by atoms with Gasteiger partial charge in [0.1, 0.15) is 11.7 Å². The Labute approximate surface area is 143 Å². The van der Waals surface area contributed by atoms with Crippen LogP contribution in [0, 0.1) is 0 Å². The maximum Gasteiger partial charge on any atom is 1.00 e. The van der Waals surface area contributed by atoms with E-state index in [1.807, 2.05) is 60.7 Å². The monoisotopic (exact) mass is 287 g/mol. The summed E-state index contributed by atoms with van der Waals surface area (Å²) in [6.45, 7) is 0. The fourth-order valence-corrected chi connectivity index (χ4v) is 1.98. The van der Waals surface area contributed by atoms with E-state index in [0.717, 1.165) is 11.1 Å². The molecule has 0 aliphatic heterocycles. The Bertz CT molecular complexity index is 682. The molecule has 3 rings (SSSR count). The molecule has 0 aliphatic rings. The Morgan fingerprint density at radius 2 is 1.43 bits per heavy atom. The molecule has 0 aliphatic carbocycles. The minimum absolute atomic E-state index is 0. The Morgan fingerprint density at radius 1 is 0.905 bits per heavy atom. The number of oxazole rings is 1. The first-order valence-corrected chi connectivity index (χ1v) is 6.09. The maximum absolute atomic E-state index is 11.0. The van der Waals surface area contributed by atoms with Crippen LogP contribution < -0.4 is 34.7 Å². The number of carboxylic acids is 1. The van der Waals surface area contributed by atoms with Gasteiger partial charge in [0.05, 0.1) is 0 Å². The van der Waals surface area contributed by atoms with E-state index in [4.69, 9.17) is 4.42 Å². The summed E-state index contributed by atoms with van der Waals surface area (Å²) in [5, 5.41) is 11.0. The third-order valence-corrected chi connectivity index (χ3v) is 2.88. The van der Waals surface area contributed by atoms with Crippen LogP contribution in [0.2, 0.25) is 0 Å². The van der Waals surface area contributed by atoms with Crippen molar-refractivity contribution in [1.82, 2.24) is 4.98 Å². The van der Waals surface area contributed by atoms with Crippen molar-refractivity contribution in [3.8, 4) is 22.6 Å². The van der Waals surface area contributed by atoms with Gasteiger partial charge in [-0.25, -0.2) is 4.98 Å². The zero-order valence-corrected chi connectivity index (χ0v) is 13.4. The van der Waals surface area contributed by atoms with Crippen molar-refractivity contribution in [1.29, 1.82) is 0 Å². The van der Waals surface area contributed by atoms with Crippen LogP contribution in [0.25, 0.3) is 22.6 Å². The fraction of sp³-hybridized carbons (Fsp3) is 0. The van der Waals surface area contributed by atoms with Crippen LogP contribution in [0.15, 0.2) is 65.1 Å². The summed E-state index contributed by atoms with van der Waals surface area (Å²) >= 11 is 0. The number of carbonyl (C=O) groups is 1. The average Bonchev–Trinajstić information content (AvgIpc) is 2.94. The summed E-state index contributed by atoms with van der Waals surface area (Å²) < 4.78 is 5.34. The van der Waals surface area contributed by atoms with E-state index in [1.54, 1.807) is 0 Å². The first-order valence-electron chi connectivity index (χ1n) is 6.09. The molecular weight excluding hydrogens is 277 g/mol. The molecule has 4 nitrogen and oxygen atoms in total. The predicted octanol–water partition coefficient (Wildman–Crippen LogP) is -0.624. The second kappa shape index (κ2) is 6.72. The van der Waals surface area contributed by atoms with Crippen molar-refractivity contribution < 1.29 is 43.9 Å². The topological polar surface area (TPSA) is 66.2 Å². The molecule has 98 valence electrons. The second-order valence-corrected chi connectivity index (χ2v) is 4.22. The first kappa shape index (κ1) is 15.5. The number of carbonyl (C=O) groups excluding carboxylic acids is 1. The molecule has 0 fully saturated rings. The first-order chi connectivity index (χ1) is 9.75. The van der Waals surface area contributed by atoms with E-state index >= 15 is 0 Å². The van der Waals surface area contributed by atoms with Gasteiger partial charge in [-0.3, -0.25) is 0 Å².